The fourth-order valence-electron chi connectivity index (χ4n) is 2.62. The van der Waals surface area contributed by atoms with Gasteiger partial charge >= 0.3 is 0 Å². The summed E-state index contributed by atoms with van der Waals surface area (Å²) in [6.45, 7) is 3.54. The summed E-state index contributed by atoms with van der Waals surface area (Å²) >= 11 is 0. The van der Waals surface area contributed by atoms with Crippen LogP contribution >= 0.6 is 0 Å². The zero-order valence-electron chi connectivity index (χ0n) is 14.1. The zero-order valence-corrected chi connectivity index (χ0v) is 14.1. The molecule has 1 heterocycles. The molecular formula is C19H19N5O. The van der Waals surface area contributed by atoms with Crippen molar-refractivity contribution in [1.82, 2.24) is 15.2 Å². The molecule has 0 atom stereocenters. The lowest BCUT2D eigenvalue weighted by Crippen LogP contribution is -2.17. The molecule has 3 rings (SSSR count). The summed E-state index contributed by atoms with van der Waals surface area (Å²) in [5, 5.41) is 12.1. The number of rotatable bonds is 5. The first kappa shape index (κ1) is 16.6. The summed E-state index contributed by atoms with van der Waals surface area (Å²) < 4.78 is 0. The first-order chi connectivity index (χ1) is 12.1. The van der Waals surface area contributed by atoms with Crippen LogP contribution in [0.4, 0.5) is 5.95 Å². The van der Waals surface area contributed by atoms with E-state index in [1.165, 1.54) is 0 Å². The highest BCUT2D eigenvalue weighted by Gasteiger charge is 2.17. The van der Waals surface area contributed by atoms with Crippen molar-refractivity contribution in [2.75, 3.05) is 5.43 Å². The second kappa shape index (κ2) is 7.53. The van der Waals surface area contributed by atoms with Crippen molar-refractivity contribution >= 4 is 11.7 Å². The van der Waals surface area contributed by atoms with E-state index in [0.717, 1.165) is 16.8 Å². The summed E-state index contributed by atoms with van der Waals surface area (Å²) in [4.78, 5) is 14.2. The van der Waals surface area contributed by atoms with E-state index in [1.807, 2.05) is 43.3 Å². The van der Waals surface area contributed by atoms with Crippen LogP contribution in [-0.2, 0) is 0 Å². The lowest BCUT2D eigenvalue weighted by molar-refractivity contribution is 0.895. The van der Waals surface area contributed by atoms with E-state index in [-0.39, 0.29) is 17.4 Å². The average Bonchev–Trinajstić information content (AvgIpc) is 2.65. The van der Waals surface area contributed by atoms with Crippen molar-refractivity contribution in [2.24, 2.45) is 5.10 Å². The average molecular weight is 333 g/mol. The Hall–Kier alpha value is -3.28. The number of aryl methyl sites for hydroxylation is 1. The molecule has 3 aromatic rings. The Morgan fingerprint density at radius 2 is 1.56 bits per heavy atom. The molecule has 0 aliphatic heterocycles. The van der Waals surface area contributed by atoms with E-state index in [4.69, 9.17) is 0 Å². The Labute approximate surface area is 145 Å². The van der Waals surface area contributed by atoms with Gasteiger partial charge in [-0.1, -0.05) is 60.7 Å². The standard InChI is InChI=1S/C19H19N5O/c1-13(21-23-19-20-18(25)14(2)22-24-19)17(15-9-5-3-6-10-15)16-11-7-4-8-12-16/h3-12,17H,1-2H3,(H2,20,23,24,25)/b21-13-. The second-order valence-corrected chi connectivity index (χ2v) is 5.71. The van der Waals surface area contributed by atoms with Crippen LogP contribution in [0.3, 0.4) is 0 Å². The number of nitrogens with zero attached hydrogens (tertiary/aromatic N) is 3. The third-order valence-corrected chi connectivity index (χ3v) is 3.88. The lowest BCUT2D eigenvalue weighted by atomic mass is 9.88. The lowest BCUT2D eigenvalue weighted by Gasteiger charge is -2.18. The Bertz CT molecular complexity index is 880. The maximum absolute atomic E-state index is 11.6. The number of hydrazone groups is 1. The van der Waals surface area contributed by atoms with Gasteiger partial charge in [0.2, 0.25) is 5.95 Å². The minimum atomic E-state index is -0.284. The number of anilines is 1. The number of hydrogen-bond acceptors (Lipinski definition) is 5. The number of aromatic nitrogens is 3. The molecule has 0 unspecified atom stereocenters. The first-order valence-corrected chi connectivity index (χ1v) is 7.99. The largest absolute Gasteiger partial charge is 0.288 e. The van der Waals surface area contributed by atoms with E-state index in [2.05, 4.69) is 50.0 Å². The molecule has 0 radical (unpaired) electrons. The minimum absolute atomic E-state index is 0.0000273. The maximum atomic E-state index is 11.6. The van der Waals surface area contributed by atoms with Gasteiger partial charge in [0.05, 0.1) is 0 Å². The van der Waals surface area contributed by atoms with Gasteiger partial charge < -0.3 is 0 Å². The summed E-state index contributed by atoms with van der Waals surface area (Å²) in [6, 6.07) is 20.3. The van der Waals surface area contributed by atoms with Gasteiger partial charge in [-0.2, -0.15) is 5.10 Å². The molecule has 0 fully saturated rings. The fourth-order valence-corrected chi connectivity index (χ4v) is 2.62. The fraction of sp³-hybridized carbons (Fsp3) is 0.158. The maximum Gasteiger partial charge on any atom is 0.274 e. The van der Waals surface area contributed by atoms with Gasteiger partial charge in [-0.05, 0) is 25.0 Å². The van der Waals surface area contributed by atoms with E-state index < -0.39 is 0 Å². The molecule has 0 aliphatic rings. The smallest absolute Gasteiger partial charge is 0.274 e. The molecular weight excluding hydrogens is 314 g/mol. The SMILES string of the molecule is C/C(=N/Nc1nnc(C)c(=O)[nH]1)C(c1ccccc1)c1ccccc1. The van der Waals surface area contributed by atoms with Gasteiger partial charge in [-0.25, -0.2) is 5.43 Å². The van der Waals surface area contributed by atoms with E-state index >= 15 is 0 Å². The molecule has 1 aromatic heterocycles. The molecule has 126 valence electrons. The summed E-state index contributed by atoms with van der Waals surface area (Å²) in [5.41, 5.74) is 5.95. The quantitative estimate of drug-likeness (QED) is 0.555. The molecule has 2 aromatic carbocycles. The molecule has 25 heavy (non-hydrogen) atoms. The van der Waals surface area contributed by atoms with Gasteiger partial charge in [-0.15, -0.1) is 10.2 Å². The van der Waals surface area contributed by atoms with E-state index in [1.54, 1.807) is 6.92 Å². The number of hydrogen-bond donors (Lipinski definition) is 2. The Morgan fingerprint density at radius 3 is 2.08 bits per heavy atom. The molecule has 6 nitrogen and oxygen atoms in total. The predicted molar refractivity (Wildman–Crippen MR) is 98.8 cm³/mol. The van der Waals surface area contributed by atoms with Crippen LogP contribution in [0.5, 0.6) is 0 Å². The van der Waals surface area contributed by atoms with Gasteiger partial charge in [0, 0.05) is 11.6 Å². The molecule has 0 saturated carbocycles. The topological polar surface area (TPSA) is 83.0 Å². The Kier molecular flexibility index (Phi) is 4.99. The van der Waals surface area contributed by atoms with Crippen molar-refractivity contribution in [2.45, 2.75) is 19.8 Å². The summed E-state index contributed by atoms with van der Waals surface area (Å²) in [5.74, 6) is 0.217. The highest BCUT2D eigenvalue weighted by Crippen LogP contribution is 2.26. The van der Waals surface area contributed by atoms with Crippen LogP contribution in [0.15, 0.2) is 70.6 Å². The van der Waals surface area contributed by atoms with Crippen molar-refractivity contribution < 1.29 is 0 Å². The Morgan fingerprint density at radius 1 is 1.00 bits per heavy atom. The van der Waals surface area contributed by atoms with Crippen molar-refractivity contribution in [3.8, 4) is 0 Å². The van der Waals surface area contributed by atoms with Crippen molar-refractivity contribution in [3.63, 3.8) is 0 Å². The van der Waals surface area contributed by atoms with Crippen LogP contribution in [0.1, 0.15) is 29.7 Å². The first-order valence-electron chi connectivity index (χ1n) is 7.99. The van der Waals surface area contributed by atoms with Gasteiger partial charge in [0.15, 0.2) is 0 Å². The van der Waals surface area contributed by atoms with Crippen LogP contribution in [0.25, 0.3) is 0 Å². The van der Waals surface area contributed by atoms with Crippen LogP contribution in [-0.4, -0.2) is 20.9 Å². The highest BCUT2D eigenvalue weighted by molar-refractivity contribution is 5.92. The van der Waals surface area contributed by atoms with Gasteiger partial charge in [-0.3, -0.25) is 9.78 Å². The van der Waals surface area contributed by atoms with Crippen LogP contribution in [0, 0.1) is 6.92 Å². The molecule has 0 bridgehead atoms. The predicted octanol–water partition coefficient (Wildman–Crippen LogP) is 3.09. The molecule has 6 heteroatoms. The van der Waals surface area contributed by atoms with Crippen LogP contribution < -0.4 is 11.0 Å². The normalized spacial score (nSPS) is 11.6. The summed E-state index contributed by atoms with van der Waals surface area (Å²) in [7, 11) is 0. The highest BCUT2D eigenvalue weighted by atomic mass is 16.1. The van der Waals surface area contributed by atoms with E-state index in [0.29, 0.717) is 5.69 Å². The number of nitrogens with one attached hydrogen (secondary N) is 2. The number of benzene rings is 2. The molecule has 0 saturated heterocycles. The zero-order chi connectivity index (χ0) is 17.6. The van der Waals surface area contributed by atoms with Crippen molar-refractivity contribution in [3.05, 3.63) is 87.8 Å². The molecule has 0 amide bonds. The number of H-pyrrole nitrogens is 1. The molecule has 0 spiro atoms. The third-order valence-electron chi connectivity index (χ3n) is 3.88. The minimum Gasteiger partial charge on any atom is -0.288 e. The second-order valence-electron chi connectivity index (χ2n) is 5.71. The monoisotopic (exact) mass is 333 g/mol. The van der Waals surface area contributed by atoms with Gasteiger partial charge in [0.25, 0.3) is 5.56 Å². The van der Waals surface area contributed by atoms with Crippen LogP contribution in [0.2, 0.25) is 0 Å². The number of aromatic amines is 1. The van der Waals surface area contributed by atoms with Gasteiger partial charge in [0.1, 0.15) is 5.69 Å². The van der Waals surface area contributed by atoms with E-state index in [9.17, 15) is 4.79 Å². The Balaban J connectivity index is 1.92. The molecule has 0 aliphatic carbocycles. The third kappa shape index (κ3) is 3.98. The summed E-state index contributed by atoms with van der Waals surface area (Å²) in [6.07, 6.45) is 0. The molecule has 2 N–H and O–H groups in total. The van der Waals surface area contributed by atoms with Crippen molar-refractivity contribution in [1.29, 1.82) is 0 Å².